The monoisotopic (exact) mass is 333 g/mol. The minimum Gasteiger partial charge on any atom is -0.344 e. The molecule has 1 aromatic heterocycles. The van der Waals surface area contributed by atoms with Crippen LogP contribution in [0.5, 0.6) is 0 Å². The predicted octanol–water partition coefficient (Wildman–Crippen LogP) is 1.24. The van der Waals surface area contributed by atoms with E-state index in [2.05, 4.69) is 20.6 Å². The molecular weight excluding hydrogens is 314 g/mol. The molecule has 3 rings (SSSR count). The average molecular weight is 333 g/mol. The molecule has 2 fully saturated rings. The topological polar surface area (TPSA) is 87.2 Å². The minimum absolute atomic E-state index is 0.350. The molecule has 2 N–H and O–H groups in total. The number of amides is 2. The van der Waals surface area contributed by atoms with E-state index in [1.54, 1.807) is 18.3 Å². The maximum absolute atomic E-state index is 11.6. The summed E-state index contributed by atoms with van der Waals surface area (Å²) >= 11 is 0.890. The van der Waals surface area contributed by atoms with Crippen molar-refractivity contribution in [3.8, 4) is 0 Å². The van der Waals surface area contributed by atoms with Crippen molar-refractivity contribution in [1.82, 2.24) is 20.6 Å². The molecule has 23 heavy (non-hydrogen) atoms. The fraction of sp³-hybridized carbons (Fsp3) is 0.467. The number of thioether (sulfide) groups is 1. The van der Waals surface area contributed by atoms with Crippen LogP contribution in [-0.4, -0.2) is 47.8 Å². The highest BCUT2D eigenvalue weighted by Crippen LogP contribution is 2.25. The zero-order valence-electron chi connectivity index (χ0n) is 12.9. The summed E-state index contributed by atoms with van der Waals surface area (Å²) in [6, 6.07) is 1.73. The lowest BCUT2D eigenvalue weighted by Crippen LogP contribution is -2.37. The lowest BCUT2D eigenvalue weighted by atomic mass is 9.99. The zero-order chi connectivity index (χ0) is 16.2. The van der Waals surface area contributed by atoms with E-state index in [-0.39, 0.29) is 11.1 Å². The molecule has 2 saturated heterocycles. The van der Waals surface area contributed by atoms with Crippen molar-refractivity contribution in [3.05, 3.63) is 22.9 Å². The summed E-state index contributed by atoms with van der Waals surface area (Å²) in [5.41, 5.74) is 0.621. The van der Waals surface area contributed by atoms with Crippen LogP contribution in [0.1, 0.15) is 18.5 Å². The van der Waals surface area contributed by atoms with Gasteiger partial charge in [-0.25, -0.2) is 9.97 Å². The third-order valence-electron chi connectivity index (χ3n) is 3.86. The first kappa shape index (κ1) is 15.9. The third kappa shape index (κ3) is 4.08. The highest BCUT2D eigenvalue weighted by molar-refractivity contribution is 8.18. The number of piperidine rings is 1. The molecule has 0 radical (unpaired) electrons. The molecule has 1 atom stereocenters. The maximum atomic E-state index is 11.6. The van der Waals surface area contributed by atoms with Gasteiger partial charge in [-0.3, -0.25) is 14.9 Å². The van der Waals surface area contributed by atoms with Gasteiger partial charge in [-0.05, 0) is 55.8 Å². The van der Waals surface area contributed by atoms with E-state index in [9.17, 15) is 9.59 Å². The first-order valence-electron chi connectivity index (χ1n) is 7.61. The Morgan fingerprint density at radius 1 is 1.48 bits per heavy atom. The van der Waals surface area contributed by atoms with Gasteiger partial charge in [0.05, 0.1) is 10.6 Å². The molecule has 1 unspecified atom stereocenters. The third-order valence-corrected chi connectivity index (χ3v) is 4.67. The Morgan fingerprint density at radius 2 is 2.35 bits per heavy atom. The number of rotatable bonds is 4. The second-order valence-corrected chi connectivity index (χ2v) is 6.74. The van der Waals surface area contributed by atoms with Crippen molar-refractivity contribution in [2.45, 2.75) is 12.8 Å². The number of hydrogen-bond donors (Lipinski definition) is 2. The summed E-state index contributed by atoms with van der Waals surface area (Å²) in [6.45, 7) is 3.01. The Balaban J connectivity index is 1.70. The fourth-order valence-electron chi connectivity index (χ4n) is 2.73. The number of anilines is 1. The van der Waals surface area contributed by atoms with Gasteiger partial charge in [-0.15, -0.1) is 0 Å². The van der Waals surface area contributed by atoms with Crippen LogP contribution < -0.4 is 15.5 Å². The molecule has 0 saturated carbocycles. The molecule has 122 valence electrons. The quantitative estimate of drug-likeness (QED) is 0.802. The summed E-state index contributed by atoms with van der Waals surface area (Å²) in [7, 11) is 1.97. The Labute approximate surface area is 138 Å². The van der Waals surface area contributed by atoms with E-state index in [1.807, 2.05) is 11.9 Å². The lowest BCUT2D eigenvalue weighted by Gasteiger charge is -2.27. The maximum Gasteiger partial charge on any atom is 0.290 e. The Hall–Kier alpha value is -1.93. The van der Waals surface area contributed by atoms with Crippen LogP contribution in [0.25, 0.3) is 6.08 Å². The summed E-state index contributed by atoms with van der Waals surface area (Å²) < 4.78 is 0. The molecule has 8 heteroatoms. The van der Waals surface area contributed by atoms with Gasteiger partial charge in [0.25, 0.3) is 11.1 Å². The van der Waals surface area contributed by atoms with Crippen molar-refractivity contribution in [1.29, 1.82) is 0 Å². The van der Waals surface area contributed by atoms with Crippen LogP contribution >= 0.6 is 11.8 Å². The van der Waals surface area contributed by atoms with Crippen molar-refractivity contribution < 1.29 is 9.59 Å². The van der Waals surface area contributed by atoms with Crippen LogP contribution in [0.4, 0.5) is 10.7 Å². The molecule has 2 amide bonds. The van der Waals surface area contributed by atoms with E-state index < -0.39 is 0 Å². The van der Waals surface area contributed by atoms with Crippen LogP contribution in [-0.2, 0) is 4.79 Å². The van der Waals surface area contributed by atoms with Crippen molar-refractivity contribution in [3.63, 3.8) is 0 Å². The molecular formula is C15H19N5O2S. The molecule has 2 aliphatic heterocycles. The van der Waals surface area contributed by atoms with Crippen molar-refractivity contribution in [2.24, 2.45) is 5.92 Å². The normalized spacial score (nSPS) is 23.2. The molecule has 0 aliphatic carbocycles. The Morgan fingerprint density at radius 3 is 3.04 bits per heavy atom. The lowest BCUT2D eigenvalue weighted by molar-refractivity contribution is -0.115. The van der Waals surface area contributed by atoms with Crippen LogP contribution in [0.15, 0.2) is 17.2 Å². The average Bonchev–Trinajstić information content (AvgIpc) is 2.86. The van der Waals surface area contributed by atoms with Gasteiger partial charge in [-0.2, -0.15) is 0 Å². The summed E-state index contributed by atoms with van der Waals surface area (Å²) in [4.78, 5) is 34.0. The van der Waals surface area contributed by atoms with E-state index in [0.29, 0.717) is 22.5 Å². The Kier molecular flexibility index (Phi) is 4.92. The van der Waals surface area contributed by atoms with Crippen molar-refractivity contribution in [2.75, 3.05) is 31.6 Å². The van der Waals surface area contributed by atoms with Gasteiger partial charge in [0.15, 0.2) is 0 Å². The SMILES string of the molecule is CN(CC1CCCNC1)c1nccc(/C=C2/SC(=O)NC2=O)n1. The second kappa shape index (κ2) is 7.10. The van der Waals surface area contributed by atoms with Crippen LogP contribution in [0.3, 0.4) is 0 Å². The molecule has 1 aromatic rings. The van der Waals surface area contributed by atoms with E-state index >= 15 is 0 Å². The first-order chi connectivity index (χ1) is 11.1. The summed E-state index contributed by atoms with van der Waals surface area (Å²) in [5.74, 6) is 0.842. The molecule has 0 bridgehead atoms. The number of carbonyl (C=O) groups is 2. The molecule has 0 spiro atoms. The van der Waals surface area contributed by atoms with Gasteiger partial charge < -0.3 is 10.2 Å². The molecule has 2 aliphatic rings. The summed E-state index contributed by atoms with van der Waals surface area (Å²) in [6.07, 6.45) is 5.70. The van der Waals surface area contributed by atoms with Crippen LogP contribution in [0, 0.1) is 5.92 Å². The Bertz CT molecular complexity index is 643. The largest absolute Gasteiger partial charge is 0.344 e. The zero-order valence-corrected chi connectivity index (χ0v) is 13.7. The van der Waals surface area contributed by atoms with Gasteiger partial charge in [0.2, 0.25) is 5.95 Å². The van der Waals surface area contributed by atoms with E-state index in [0.717, 1.165) is 31.4 Å². The van der Waals surface area contributed by atoms with E-state index in [4.69, 9.17) is 0 Å². The highest BCUT2D eigenvalue weighted by Gasteiger charge is 2.25. The molecule has 0 aromatic carbocycles. The van der Waals surface area contributed by atoms with E-state index in [1.165, 1.54) is 12.8 Å². The highest BCUT2D eigenvalue weighted by atomic mass is 32.2. The standard InChI is InChI=1S/C15H19N5O2S/c1-20(9-10-3-2-5-16-8-10)14-17-6-4-11(18-14)7-12-13(21)19-15(22)23-12/h4,6-7,10,16H,2-3,5,8-9H2,1H3,(H,19,21,22)/b12-7+. The number of nitrogens with one attached hydrogen (secondary N) is 2. The van der Waals surface area contributed by atoms with Crippen molar-refractivity contribution >= 4 is 34.9 Å². The molecule has 7 nitrogen and oxygen atoms in total. The predicted molar refractivity (Wildman–Crippen MR) is 90.0 cm³/mol. The second-order valence-electron chi connectivity index (χ2n) is 5.73. The number of aromatic nitrogens is 2. The number of imide groups is 1. The number of carbonyl (C=O) groups excluding carboxylic acids is 2. The fourth-order valence-corrected chi connectivity index (χ4v) is 3.40. The molecule has 3 heterocycles. The van der Waals surface area contributed by atoms with Gasteiger partial charge in [0.1, 0.15) is 0 Å². The first-order valence-corrected chi connectivity index (χ1v) is 8.43. The number of hydrogen-bond acceptors (Lipinski definition) is 7. The van der Waals surface area contributed by atoms with Gasteiger partial charge in [-0.1, -0.05) is 0 Å². The smallest absolute Gasteiger partial charge is 0.290 e. The van der Waals surface area contributed by atoms with Crippen LogP contribution in [0.2, 0.25) is 0 Å². The summed E-state index contributed by atoms with van der Waals surface area (Å²) in [5, 5.41) is 5.29. The van der Waals surface area contributed by atoms with Gasteiger partial charge in [0, 0.05) is 19.8 Å². The minimum atomic E-state index is -0.373. The van der Waals surface area contributed by atoms with Gasteiger partial charge >= 0.3 is 0 Å². The number of nitrogens with zero attached hydrogens (tertiary/aromatic N) is 3.